The van der Waals surface area contributed by atoms with Gasteiger partial charge in [0.15, 0.2) is 5.13 Å². The van der Waals surface area contributed by atoms with Crippen LogP contribution in [0.3, 0.4) is 0 Å². The Morgan fingerprint density at radius 2 is 1.90 bits per heavy atom. The van der Waals surface area contributed by atoms with Gasteiger partial charge in [-0.1, -0.05) is 36.7 Å². The molecule has 1 aliphatic carbocycles. The number of nitrogens with zero attached hydrogens (tertiary/aromatic N) is 3. The standard InChI is InChI=1S/C21H28N4O2S3/c1-28-18-14-22-20(30-18)23-21(27)25(15-6-3-2-4-7-15)16-9-11-24(12-10-16)19(26)17-8-5-13-29-17/h5,8,13-16H,2-4,6-7,9-12H2,1H3,(H,22,23,27). The molecule has 1 N–H and O–H groups in total. The van der Waals surface area contributed by atoms with Gasteiger partial charge in [-0.25, -0.2) is 9.78 Å². The highest BCUT2D eigenvalue weighted by Crippen LogP contribution is 2.31. The number of nitrogens with one attached hydrogen (secondary N) is 1. The monoisotopic (exact) mass is 464 g/mol. The number of likely N-dealkylation sites (tertiary alicyclic amines) is 1. The largest absolute Gasteiger partial charge is 0.338 e. The Kier molecular flexibility index (Phi) is 7.32. The van der Waals surface area contributed by atoms with Crippen molar-refractivity contribution >= 4 is 51.5 Å². The first kappa shape index (κ1) is 21.6. The first-order valence-electron chi connectivity index (χ1n) is 10.6. The minimum Gasteiger partial charge on any atom is -0.338 e. The number of urea groups is 1. The van der Waals surface area contributed by atoms with Crippen LogP contribution in [-0.2, 0) is 0 Å². The van der Waals surface area contributed by atoms with E-state index in [1.165, 1.54) is 41.9 Å². The normalized spacial score (nSPS) is 18.4. The van der Waals surface area contributed by atoms with Crippen LogP contribution in [0.1, 0.15) is 54.6 Å². The van der Waals surface area contributed by atoms with Crippen molar-refractivity contribution in [1.29, 1.82) is 0 Å². The number of hydrogen-bond donors (Lipinski definition) is 1. The second-order valence-corrected chi connectivity index (χ2v) is 10.9. The SMILES string of the molecule is CSc1cnc(NC(=O)N(C2CCCCC2)C2CCN(C(=O)c3cccs3)CC2)s1. The lowest BCUT2D eigenvalue weighted by Gasteiger charge is -2.43. The summed E-state index contributed by atoms with van der Waals surface area (Å²) in [6.07, 6.45) is 11.2. The molecule has 1 saturated carbocycles. The van der Waals surface area contributed by atoms with Gasteiger partial charge in [0.1, 0.15) is 0 Å². The highest BCUT2D eigenvalue weighted by atomic mass is 32.2. The molecule has 2 aromatic rings. The Hall–Kier alpha value is -1.58. The number of rotatable bonds is 5. The van der Waals surface area contributed by atoms with Gasteiger partial charge in [0.25, 0.3) is 5.91 Å². The fraction of sp³-hybridized carbons (Fsp3) is 0.571. The molecule has 6 nitrogen and oxygen atoms in total. The second-order valence-electron chi connectivity index (χ2n) is 7.82. The van der Waals surface area contributed by atoms with Crippen molar-refractivity contribution in [1.82, 2.24) is 14.8 Å². The summed E-state index contributed by atoms with van der Waals surface area (Å²) in [7, 11) is 0. The Bertz CT molecular complexity index is 840. The molecule has 2 aromatic heterocycles. The smallest absolute Gasteiger partial charge is 0.324 e. The Morgan fingerprint density at radius 1 is 1.17 bits per heavy atom. The third-order valence-corrected chi connectivity index (χ3v) is 8.80. The van der Waals surface area contributed by atoms with E-state index in [1.54, 1.807) is 11.8 Å². The second kappa shape index (κ2) is 10.2. The molecule has 3 amide bonds. The summed E-state index contributed by atoms with van der Waals surface area (Å²) < 4.78 is 1.09. The molecule has 30 heavy (non-hydrogen) atoms. The molecule has 1 aliphatic heterocycles. The molecule has 3 heterocycles. The molecule has 2 aliphatic rings. The Labute approximate surface area is 190 Å². The minimum absolute atomic E-state index is 0.0352. The van der Waals surface area contributed by atoms with Gasteiger partial charge in [-0.05, 0) is 43.4 Å². The minimum atomic E-state index is -0.0352. The summed E-state index contributed by atoms with van der Waals surface area (Å²) in [6, 6.07) is 4.22. The fourth-order valence-electron chi connectivity index (χ4n) is 4.46. The summed E-state index contributed by atoms with van der Waals surface area (Å²) in [4.78, 5) is 35.2. The molecular weight excluding hydrogens is 436 g/mol. The van der Waals surface area contributed by atoms with Crippen LogP contribution in [0.15, 0.2) is 27.9 Å². The topological polar surface area (TPSA) is 65.5 Å². The summed E-state index contributed by atoms with van der Waals surface area (Å²) >= 11 is 4.64. The molecular formula is C21H28N4O2S3. The lowest BCUT2D eigenvalue weighted by molar-refractivity contribution is 0.0599. The number of aromatic nitrogens is 1. The number of thiazole rings is 1. The van der Waals surface area contributed by atoms with Crippen molar-refractivity contribution < 1.29 is 9.59 Å². The quantitative estimate of drug-likeness (QED) is 0.602. The number of carbonyl (C=O) groups is 2. The maximum atomic E-state index is 13.3. The van der Waals surface area contributed by atoms with Gasteiger partial charge < -0.3 is 9.80 Å². The van der Waals surface area contributed by atoms with Crippen molar-refractivity contribution in [2.24, 2.45) is 0 Å². The number of carbonyl (C=O) groups excluding carboxylic acids is 2. The molecule has 9 heteroatoms. The highest BCUT2D eigenvalue weighted by Gasteiger charge is 2.35. The average Bonchev–Trinajstić information content (AvgIpc) is 3.47. The van der Waals surface area contributed by atoms with E-state index in [4.69, 9.17) is 0 Å². The molecule has 0 aromatic carbocycles. The van der Waals surface area contributed by atoms with E-state index >= 15 is 0 Å². The van der Waals surface area contributed by atoms with Gasteiger partial charge in [-0.15, -0.1) is 23.1 Å². The molecule has 0 radical (unpaired) electrons. The molecule has 0 atom stereocenters. The van der Waals surface area contributed by atoms with E-state index in [9.17, 15) is 9.59 Å². The first-order chi connectivity index (χ1) is 14.7. The van der Waals surface area contributed by atoms with Gasteiger partial charge in [-0.3, -0.25) is 10.1 Å². The maximum Gasteiger partial charge on any atom is 0.324 e. The zero-order valence-electron chi connectivity index (χ0n) is 17.2. The van der Waals surface area contributed by atoms with Crippen LogP contribution >= 0.6 is 34.4 Å². The van der Waals surface area contributed by atoms with Crippen LogP contribution in [0.2, 0.25) is 0 Å². The highest BCUT2D eigenvalue weighted by molar-refractivity contribution is 8.00. The predicted molar refractivity (Wildman–Crippen MR) is 125 cm³/mol. The predicted octanol–water partition coefficient (Wildman–Crippen LogP) is 5.40. The van der Waals surface area contributed by atoms with E-state index in [2.05, 4.69) is 15.2 Å². The average molecular weight is 465 g/mol. The number of amides is 3. The summed E-state index contributed by atoms with van der Waals surface area (Å²) in [6.45, 7) is 1.40. The number of hydrogen-bond acceptors (Lipinski definition) is 6. The lowest BCUT2D eigenvalue weighted by atomic mass is 9.91. The fourth-order valence-corrected chi connectivity index (χ4v) is 6.42. The van der Waals surface area contributed by atoms with Crippen molar-refractivity contribution in [2.45, 2.75) is 61.2 Å². The Balaban J connectivity index is 1.43. The lowest BCUT2D eigenvalue weighted by Crippen LogP contribution is -2.54. The molecule has 4 rings (SSSR count). The van der Waals surface area contributed by atoms with E-state index in [-0.39, 0.29) is 24.0 Å². The van der Waals surface area contributed by atoms with E-state index in [1.807, 2.05) is 34.9 Å². The zero-order chi connectivity index (χ0) is 20.9. The number of anilines is 1. The Morgan fingerprint density at radius 3 is 2.53 bits per heavy atom. The van der Waals surface area contributed by atoms with Crippen molar-refractivity contribution in [3.8, 4) is 0 Å². The molecule has 0 unspecified atom stereocenters. The number of thioether (sulfide) groups is 1. The van der Waals surface area contributed by atoms with Crippen molar-refractivity contribution in [3.63, 3.8) is 0 Å². The number of piperidine rings is 1. The van der Waals surface area contributed by atoms with Crippen LogP contribution in [0.25, 0.3) is 0 Å². The van der Waals surface area contributed by atoms with Crippen LogP contribution < -0.4 is 5.32 Å². The molecule has 0 spiro atoms. The molecule has 1 saturated heterocycles. The van der Waals surface area contributed by atoms with Crippen molar-refractivity contribution in [3.05, 3.63) is 28.6 Å². The molecule has 162 valence electrons. The van der Waals surface area contributed by atoms with Crippen LogP contribution in [0, 0.1) is 0 Å². The summed E-state index contributed by atoms with van der Waals surface area (Å²) in [5.74, 6) is 0.115. The van der Waals surface area contributed by atoms with Gasteiger partial charge >= 0.3 is 6.03 Å². The van der Waals surface area contributed by atoms with Gasteiger partial charge in [0.2, 0.25) is 0 Å². The summed E-state index contributed by atoms with van der Waals surface area (Å²) in [5.41, 5.74) is 0. The zero-order valence-corrected chi connectivity index (χ0v) is 19.7. The van der Waals surface area contributed by atoms with Crippen LogP contribution in [-0.4, -0.2) is 58.2 Å². The van der Waals surface area contributed by atoms with E-state index < -0.39 is 0 Å². The van der Waals surface area contributed by atoms with Gasteiger partial charge in [0, 0.05) is 25.2 Å². The summed E-state index contributed by atoms with van der Waals surface area (Å²) in [5, 5.41) is 5.65. The van der Waals surface area contributed by atoms with E-state index in [0.29, 0.717) is 18.2 Å². The van der Waals surface area contributed by atoms with Gasteiger partial charge in [-0.2, -0.15) is 0 Å². The first-order valence-corrected chi connectivity index (χ1v) is 13.5. The van der Waals surface area contributed by atoms with Crippen molar-refractivity contribution in [2.75, 3.05) is 24.7 Å². The molecule has 0 bridgehead atoms. The maximum absolute atomic E-state index is 13.3. The molecule has 2 fully saturated rings. The van der Waals surface area contributed by atoms with Crippen LogP contribution in [0.5, 0.6) is 0 Å². The van der Waals surface area contributed by atoms with E-state index in [0.717, 1.165) is 34.8 Å². The van der Waals surface area contributed by atoms with Gasteiger partial charge in [0.05, 0.1) is 15.3 Å². The van der Waals surface area contributed by atoms with Crippen LogP contribution in [0.4, 0.5) is 9.93 Å². The third kappa shape index (κ3) is 5.00. The third-order valence-electron chi connectivity index (χ3n) is 5.98. The number of thiophene rings is 1.